The topological polar surface area (TPSA) is 103 Å². The summed E-state index contributed by atoms with van der Waals surface area (Å²) in [5.74, 6) is -0.490. The number of amides is 1. The lowest BCUT2D eigenvalue weighted by Crippen LogP contribution is -2.41. The fraction of sp³-hybridized carbons (Fsp3) is 0.450. The zero-order valence-electron chi connectivity index (χ0n) is 15.5. The average Bonchev–Trinajstić information content (AvgIpc) is 2.69. The molecule has 0 radical (unpaired) electrons. The van der Waals surface area contributed by atoms with E-state index in [0.717, 1.165) is 5.56 Å². The lowest BCUT2D eigenvalue weighted by molar-refractivity contribution is -0.150. The second-order valence-corrected chi connectivity index (χ2v) is 6.36. The van der Waals surface area contributed by atoms with Crippen molar-refractivity contribution in [2.24, 2.45) is 5.92 Å². The monoisotopic (exact) mass is 371 g/mol. The molecule has 0 spiro atoms. The molecular formula is C20H25N3O4. The number of hydrogen-bond acceptors (Lipinski definition) is 6. The predicted molar refractivity (Wildman–Crippen MR) is 99.4 cm³/mol. The minimum atomic E-state index is -0.322. The molecule has 0 unspecified atom stereocenters. The smallest absolute Gasteiger partial charge is 0.309 e. The predicted octanol–water partition coefficient (Wildman–Crippen LogP) is 1.73. The van der Waals surface area contributed by atoms with E-state index >= 15 is 0 Å². The lowest BCUT2D eigenvalue weighted by Gasteiger charge is -2.30. The molecule has 1 amide bonds. The first-order valence-electron chi connectivity index (χ1n) is 9.12. The van der Waals surface area contributed by atoms with E-state index in [1.165, 1.54) is 6.20 Å². The van der Waals surface area contributed by atoms with Gasteiger partial charge in [-0.1, -0.05) is 12.1 Å². The number of phenolic OH excluding ortho intramolecular Hbond substituents is 1. The maximum atomic E-state index is 12.5. The quantitative estimate of drug-likeness (QED) is 0.328. The van der Waals surface area contributed by atoms with Crippen LogP contribution in [0.4, 0.5) is 0 Å². The molecule has 7 heteroatoms. The summed E-state index contributed by atoms with van der Waals surface area (Å²) in [5.41, 5.74) is 1.09. The molecule has 0 bridgehead atoms. The van der Waals surface area contributed by atoms with Crippen LogP contribution in [0.5, 0.6) is 5.75 Å². The standard InChI is InChI=1S/C20H25N3O4/c1-2-27-20(26)16-8-11-23(12-9-16)19(25)17(13-21)14-22-10-7-15-3-5-18(24)6-4-15/h3-6,14,16,22,24H,2,7-12H2,1H3/b17-14-. The molecule has 1 fully saturated rings. The SMILES string of the molecule is CCOC(=O)C1CCN(C(=O)/C(C#N)=C\NCCc2ccc(O)cc2)CC1. The molecule has 2 N–H and O–H groups in total. The Kier molecular flexibility index (Phi) is 7.68. The Morgan fingerprint density at radius 3 is 2.59 bits per heavy atom. The number of nitriles is 1. The number of nitrogens with one attached hydrogen (secondary N) is 1. The number of carbonyl (C=O) groups excluding carboxylic acids is 2. The number of hydrogen-bond donors (Lipinski definition) is 2. The van der Waals surface area contributed by atoms with Gasteiger partial charge in [-0.3, -0.25) is 9.59 Å². The number of piperidine rings is 1. The molecule has 1 aliphatic heterocycles. The number of rotatable bonds is 7. The summed E-state index contributed by atoms with van der Waals surface area (Å²) in [6, 6.07) is 8.83. The van der Waals surface area contributed by atoms with Gasteiger partial charge in [0.25, 0.3) is 5.91 Å². The maximum absolute atomic E-state index is 12.5. The summed E-state index contributed by atoms with van der Waals surface area (Å²) in [4.78, 5) is 25.8. The molecule has 1 aromatic carbocycles. The molecule has 0 saturated carbocycles. The second kappa shape index (κ2) is 10.2. The van der Waals surface area contributed by atoms with E-state index in [9.17, 15) is 20.0 Å². The zero-order chi connectivity index (χ0) is 19.6. The Morgan fingerprint density at radius 2 is 2.00 bits per heavy atom. The van der Waals surface area contributed by atoms with Gasteiger partial charge in [0.1, 0.15) is 17.4 Å². The van der Waals surface area contributed by atoms with E-state index in [2.05, 4.69) is 5.32 Å². The van der Waals surface area contributed by atoms with Gasteiger partial charge < -0.3 is 20.1 Å². The summed E-state index contributed by atoms with van der Waals surface area (Å²) in [6.07, 6.45) is 3.25. The number of phenols is 1. The molecule has 0 aliphatic carbocycles. The van der Waals surface area contributed by atoms with Crippen LogP contribution in [0.2, 0.25) is 0 Å². The fourth-order valence-electron chi connectivity index (χ4n) is 2.94. The first-order valence-corrected chi connectivity index (χ1v) is 9.12. The Hall–Kier alpha value is -3.01. The third kappa shape index (κ3) is 6.03. The van der Waals surface area contributed by atoms with Gasteiger partial charge >= 0.3 is 5.97 Å². The molecule has 27 heavy (non-hydrogen) atoms. The van der Waals surface area contributed by atoms with Gasteiger partial charge in [0.05, 0.1) is 12.5 Å². The van der Waals surface area contributed by atoms with E-state index in [4.69, 9.17) is 4.74 Å². The average molecular weight is 371 g/mol. The number of likely N-dealkylation sites (tertiary alicyclic amines) is 1. The van der Waals surface area contributed by atoms with E-state index in [-0.39, 0.29) is 29.1 Å². The van der Waals surface area contributed by atoms with E-state index in [1.54, 1.807) is 24.0 Å². The summed E-state index contributed by atoms with van der Waals surface area (Å²) in [7, 11) is 0. The van der Waals surface area contributed by atoms with Crippen molar-refractivity contribution in [1.82, 2.24) is 10.2 Å². The van der Waals surface area contributed by atoms with Crippen LogP contribution in [0, 0.1) is 17.2 Å². The maximum Gasteiger partial charge on any atom is 0.309 e. The highest BCUT2D eigenvalue weighted by atomic mass is 16.5. The van der Waals surface area contributed by atoms with Gasteiger partial charge in [-0.05, 0) is 43.9 Å². The van der Waals surface area contributed by atoms with Gasteiger partial charge in [-0.25, -0.2) is 0 Å². The molecule has 1 aromatic rings. The first-order chi connectivity index (χ1) is 13.0. The normalized spacial score (nSPS) is 15.1. The summed E-state index contributed by atoms with van der Waals surface area (Å²) >= 11 is 0. The van der Waals surface area contributed by atoms with Gasteiger partial charge in [0.2, 0.25) is 0 Å². The van der Waals surface area contributed by atoms with E-state index in [0.29, 0.717) is 45.5 Å². The number of nitrogens with zero attached hydrogens (tertiary/aromatic N) is 2. The number of carbonyl (C=O) groups is 2. The summed E-state index contributed by atoms with van der Waals surface area (Å²) in [6.45, 7) is 3.57. The molecule has 144 valence electrons. The van der Waals surface area contributed by atoms with Crippen LogP contribution in [-0.2, 0) is 20.7 Å². The van der Waals surface area contributed by atoms with Gasteiger partial charge in [0.15, 0.2) is 0 Å². The minimum Gasteiger partial charge on any atom is -0.508 e. The van der Waals surface area contributed by atoms with Gasteiger partial charge in [0, 0.05) is 25.8 Å². The Morgan fingerprint density at radius 1 is 1.33 bits per heavy atom. The first kappa shape index (κ1) is 20.3. The van der Waals surface area contributed by atoms with E-state index < -0.39 is 0 Å². The van der Waals surface area contributed by atoms with Gasteiger partial charge in [-0.2, -0.15) is 5.26 Å². The lowest BCUT2D eigenvalue weighted by atomic mass is 9.96. The Bertz CT molecular complexity index is 714. The van der Waals surface area contributed by atoms with Crippen molar-refractivity contribution < 1.29 is 19.4 Å². The van der Waals surface area contributed by atoms with E-state index in [1.807, 2.05) is 18.2 Å². The van der Waals surface area contributed by atoms with Crippen LogP contribution in [0.15, 0.2) is 36.0 Å². The molecule has 1 heterocycles. The third-order valence-corrected chi connectivity index (χ3v) is 4.49. The van der Waals surface area contributed by atoms with Crippen LogP contribution in [0.1, 0.15) is 25.3 Å². The van der Waals surface area contributed by atoms with Crippen LogP contribution >= 0.6 is 0 Å². The zero-order valence-corrected chi connectivity index (χ0v) is 15.5. The summed E-state index contributed by atoms with van der Waals surface area (Å²) < 4.78 is 5.02. The highest BCUT2D eigenvalue weighted by Crippen LogP contribution is 2.20. The second-order valence-electron chi connectivity index (χ2n) is 6.36. The number of aromatic hydroxyl groups is 1. The summed E-state index contributed by atoms with van der Waals surface area (Å²) in [5, 5.41) is 21.5. The molecule has 0 aromatic heterocycles. The molecule has 1 aliphatic rings. The van der Waals surface area contributed by atoms with Crippen molar-refractivity contribution in [3.63, 3.8) is 0 Å². The Labute approximate surface area is 159 Å². The Balaban J connectivity index is 1.81. The number of benzene rings is 1. The largest absolute Gasteiger partial charge is 0.508 e. The van der Waals surface area contributed by atoms with Gasteiger partial charge in [-0.15, -0.1) is 0 Å². The van der Waals surface area contributed by atoms with Crippen molar-refractivity contribution in [2.45, 2.75) is 26.2 Å². The van der Waals surface area contributed by atoms with Crippen LogP contribution in [0.3, 0.4) is 0 Å². The number of esters is 1. The van der Waals surface area contributed by atoms with Crippen LogP contribution in [-0.4, -0.2) is 48.1 Å². The molecule has 2 rings (SSSR count). The highest BCUT2D eigenvalue weighted by molar-refractivity contribution is 5.97. The van der Waals surface area contributed by atoms with Crippen LogP contribution < -0.4 is 5.32 Å². The van der Waals surface area contributed by atoms with Crippen molar-refractivity contribution in [2.75, 3.05) is 26.2 Å². The van der Waals surface area contributed by atoms with Crippen LogP contribution in [0.25, 0.3) is 0 Å². The van der Waals surface area contributed by atoms with Crippen molar-refractivity contribution in [3.8, 4) is 11.8 Å². The third-order valence-electron chi connectivity index (χ3n) is 4.49. The molecular weight excluding hydrogens is 346 g/mol. The molecule has 7 nitrogen and oxygen atoms in total. The highest BCUT2D eigenvalue weighted by Gasteiger charge is 2.29. The van der Waals surface area contributed by atoms with Crippen molar-refractivity contribution in [1.29, 1.82) is 5.26 Å². The van der Waals surface area contributed by atoms with Crippen molar-refractivity contribution in [3.05, 3.63) is 41.6 Å². The molecule has 0 atom stereocenters. The van der Waals surface area contributed by atoms with Crippen molar-refractivity contribution >= 4 is 11.9 Å². The molecule has 1 saturated heterocycles. The fourth-order valence-corrected chi connectivity index (χ4v) is 2.94. The number of ether oxygens (including phenoxy) is 1. The minimum absolute atomic E-state index is 0.0512.